The first-order chi connectivity index (χ1) is 6.99. The highest BCUT2D eigenvalue weighted by atomic mass is 32.1. The maximum atomic E-state index is 4.43. The van der Waals surface area contributed by atoms with E-state index in [0.717, 1.165) is 12.5 Å². The summed E-state index contributed by atoms with van der Waals surface area (Å²) >= 11 is 1.80. The minimum absolute atomic E-state index is 0.590. The van der Waals surface area contributed by atoms with Gasteiger partial charge in [-0.25, -0.2) is 4.98 Å². The fourth-order valence-electron chi connectivity index (χ4n) is 1.79. The van der Waals surface area contributed by atoms with Crippen molar-refractivity contribution in [2.75, 3.05) is 0 Å². The molecule has 0 aliphatic rings. The van der Waals surface area contributed by atoms with Gasteiger partial charge in [-0.3, -0.25) is 0 Å². The van der Waals surface area contributed by atoms with Crippen molar-refractivity contribution in [3.8, 4) is 0 Å². The second kappa shape index (κ2) is 5.61. The lowest BCUT2D eigenvalue weighted by atomic mass is 10.1. The van der Waals surface area contributed by atoms with Gasteiger partial charge in [0.1, 0.15) is 0 Å². The van der Waals surface area contributed by atoms with E-state index in [2.05, 4.69) is 44.9 Å². The topological polar surface area (TPSA) is 24.9 Å². The third kappa shape index (κ3) is 4.31. The zero-order valence-electron chi connectivity index (χ0n) is 10.4. The number of hydrogen-bond donors (Lipinski definition) is 1. The summed E-state index contributed by atoms with van der Waals surface area (Å²) in [5.74, 6) is 0.761. The quantitative estimate of drug-likeness (QED) is 0.833. The van der Waals surface area contributed by atoms with Crippen LogP contribution in [0.5, 0.6) is 0 Å². The highest BCUT2D eigenvalue weighted by Crippen LogP contribution is 2.17. The average Bonchev–Trinajstić information content (AvgIpc) is 2.40. The summed E-state index contributed by atoms with van der Waals surface area (Å²) in [6, 6.07) is 0.590. The van der Waals surface area contributed by atoms with Crippen LogP contribution in [-0.4, -0.2) is 11.0 Å². The molecule has 0 spiro atoms. The Morgan fingerprint density at radius 2 is 1.93 bits per heavy atom. The second-order valence-corrected chi connectivity index (χ2v) is 5.94. The predicted molar refractivity (Wildman–Crippen MR) is 67.3 cm³/mol. The molecule has 1 aromatic rings. The lowest BCUT2D eigenvalue weighted by Gasteiger charge is -2.15. The fraction of sp³-hybridized carbons (Fsp3) is 0.750. The van der Waals surface area contributed by atoms with E-state index in [4.69, 9.17) is 0 Å². The molecule has 0 fully saturated rings. The number of nitrogens with zero attached hydrogens (tertiary/aromatic N) is 1. The van der Waals surface area contributed by atoms with Crippen molar-refractivity contribution in [1.82, 2.24) is 10.3 Å². The fourth-order valence-corrected chi connectivity index (χ4v) is 2.68. The van der Waals surface area contributed by atoms with Crippen LogP contribution in [0.25, 0.3) is 0 Å². The van der Waals surface area contributed by atoms with Crippen LogP contribution >= 0.6 is 11.3 Å². The Morgan fingerprint density at radius 1 is 1.27 bits per heavy atom. The van der Waals surface area contributed by atoms with Crippen molar-refractivity contribution in [3.05, 3.63) is 15.6 Å². The maximum absolute atomic E-state index is 4.43. The number of aromatic nitrogens is 1. The monoisotopic (exact) mass is 226 g/mol. The van der Waals surface area contributed by atoms with E-state index in [9.17, 15) is 0 Å². The first-order valence-electron chi connectivity index (χ1n) is 5.65. The van der Waals surface area contributed by atoms with Gasteiger partial charge >= 0.3 is 0 Å². The summed E-state index contributed by atoms with van der Waals surface area (Å²) in [5.41, 5.74) is 1.18. The van der Waals surface area contributed by atoms with Gasteiger partial charge in [-0.15, -0.1) is 11.3 Å². The van der Waals surface area contributed by atoms with E-state index in [0.29, 0.717) is 6.04 Å². The number of rotatable bonds is 5. The second-order valence-electron chi connectivity index (χ2n) is 4.65. The lowest BCUT2D eigenvalue weighted by molar-refractivity contribution is 0.442. The predicted octanol–water partition coefficient (Wildman–Crippen LogP) is 3.28. The molecule has 1 heterocycles. The molecule has 0 radical (unpaired) electrons. The van der Waals surface area contributed by atoms with Crippen LogP contribution in [0.3, 0.4) is 0 Å². The third-order valence-electron chi connectivity index (χ3n) is 2.44. The molecule has 15 heavy (non-hydrogen) atoms. The number of hydrogen-bond acceptors (Lipinski definition) is 3. The zero-order valence-corrected chi connectivity index (χ0v) is 11.2. The maximum Gasteiger partial charge on any atom is 0.0900 e. The Kier molecular flexibility index (Phi) is 4.74. The van der Waals surface area contributed by atoms with Gasteiger partial charge < -0.3 is 5.32 Å². The van der Waals surface area contributed by atoms with Crippen LogP contribution in [0.2, 0.25) is 0 Å². The molecule has 0 aliphatic heterocycles. The summed E-state index contributed by atoms with van der Waals surface area (Å²) in [4.78, 5) is 5.81. The van der Waals surface area contributed by atoms with Crippen LogP contribution in [-0.2, 0) is 6.54 Å². The largest absolute Gasteiger partial charge is 0.309 e. The van der Waals surface area contributed by atoms with Gasteiger partial charge in [0.05, 0.1) is 10.7 Å². The molecule has 1 N–H and O–H groups in total. The molecule has 3 heteroatoms. The molecule has 86 valence electrons. The Hall–Kier alpha value is -0.410. The minimum atomic E-state index is 0.590. The molecule has 0 aromatic carbocycles. The van der Waals surface area contributed by atoms with Gasteiger partial charge in [-0.1, -0.05) is 13.8 Å². The zero-order chi connectivity index (χ0) is 11.4. The van der Waals surface area contributed by atoms with Crippen molar-refractivity contribution in [3.63, 3.8) is 0 Å². The molecule has 1 atom stereocenters. The van der Waals surface area contributed by atoms with Crippen molar-refractivity contribution < 1.29 is 0 Å². The summed E-state index contributed by atoms with van der Waals surface area (Å²) in [6.45, 7) is 11.9. The summed E-state index contributed by atoms with van der Waals surface area (Å²) < 4.78 is 0. The Labute approximate surface area is 97.1 Å². The molecule has 0 saturated carbocycles. The van der Waals surface area contributed by atoms with Crippen LogP contribution in [0, 0.1) is 19.8 Å². The summed E-state index contributed by atoms with van der Waals surface area (Å²) in [5, 5.41) is 4.72. The van der Waals surface area contributed by atoms with E-state index in [1.807, 2.05) is 0 Å². The van der Waals surface area contributed by atoms with Gasteiger partial charge in [0.15, 0.2) is 0 Å². The lowest BCUT2D eigenvalue weighted by Crippen LogP contribution is -2.26. The standard InChI is InChI=1S/C12H22N2S/c1-8(2)6-9(3)13-7-12-10(4)14-11(5)15-12/h8-9,13H,6-7H2,1-5H3. The van der Waals surface area contributed by atoms with E-state index < -0.39 is 0 Å². The highest BCUT2D eigenvalue weighted by Gasteiger charge is 2.07. The number of nitrogens with one attached hydrogen (secondary N) is 1. The first-order valence-corrected chi connectivity index (χ1v) is 6.47. The molecule has 1 aromatic heterocycles. The van der Waals surface area contributed by atoms with Crippen LogP contribution < -0.4 is 5.32 Å². The SMILES string of the molecule is Cc1nc(C)c(CNC(C)CC(C)C)s1. The summed E-state index contributed by atoms with van der Waals surface area (Å²) in [6.07, 6.45) is 1.23. The molecule has 0 saturated heterocycles. The molecule has 1 rings (SSSR count). The van der Waals surface area contributed by atoms with Crippen molar-refractivity contribution in [2.24, 2.45) is 5.92 Å². The normalized spacial score (nSPS) is 13.5. The van der Waals surface area contributed by atoms with Crippen LogP contribution in [0.15, 0.2) is 0 Å². The molecular weight excluding hydrogens is 204 g/mol. The van der Waals surface area contributed by atoms with Crippen molar-refractivity contribution in [2.45, 2.75) is 53.6 Å². The molecule has 0 amide bonds. The highest BCUT2D eigenvalue weighted by molar-refractivity contribution is 7.11. The van der Waals surface area contributed by atoms with Crippen molar-refractivity contribution in [1.29, 1.82) is 0 Å². The Morgan fingerprint density at radius 3 is 2.40 bits per heavy atom. The van der Waals surface area contributed by atoms with Crippen LogP contribution in [0.1, 0.15) is 42.8 Å². The van der Waals surface area contributed by atoms with E-state index in [1.54, 1.807) is 11.3 Å². The Balaban J connectivity index is 2.40. The summed E-state index contributed by atoms with van der Waals surface area (Å²) in [7, 11) is 0. The molecule has 2 nitrogen and oxygen atoms in total. The van der Waals surface area contributed by atoms with Gasteiger partial charge in [-0.05, 0) is 33.1 Å². The minimum Gasteiger partial charge on any atom is -0.309 e. The third-order valence-corrected chi connectivity index (χ3v) is 3.51. The molecule has 0 bridgehead atoms. The van der Waals surface area contributed by atoms with E-state index in [1.165, 1.54) is 22.0 Å². The smallest absolute Gasteiger partial charge is 0.0900 e. The van der Waals surface area contributed by atoms with Gasteiger partial charge in [0, 0.05) is 17.5 Å². The van der Waals surface area contributed by atoms with E-state index in [-0.39, 0.29) is 0 Å². The van der Waals surface area contributed by atoms with Crippen LogP contribution in [0.4, 0.5) is 0 Å². The molecular formula is C12H22N2S. The number of aryl methyl sites for hydroxylation is 2. The molecule has 1 unspecified atom stereocenters. The van der Waals surface area contributed by atoms with Gasteiger partial charge in [0.2, 0.25) is 0 Å². The van der Waals surface area contributed by atoms with Crippen molar-refractivity contribution >= 4 is 11.3 Å². The first kappa shape index (κ1) is 12.7. The average molecular weight is 226 g/mol. The molecule has 0 aliphatic carbocycles. The van der Waals surface area contributed by atoms with Gasteiger partial charge in [0.25, 0.3) is 0 Å². The Bertz CT molecular complexity index is 305. The van der Waals surface area contributed by atoms with E-state index >= 15 is 0 Å². The van der Waals surface area contributed by atoms with Gasteiger partial charge in [-0.2, -0.15) is 0 Å². The number of thiazole rings is 1.